The molecular formula is C22H28N6O. The molecule has 1 saturated heterocycles. The molecule has 0 bridgehead atoms. The first-order chi connectivity index (χ1) is 13.8. The molecule has 0 unspecified atom stereocenters. The highest BCUT2D eigenvalue weighted by atomic mass is 16.2. The van der Waals surface area contributed by atoms with Crippen molar-refractivity contribution in [2.24, 2.45) is 13.0 Å². The van der Waals surface area contributed by atoms with Crippen LogP contribution in [-0.4, -0.2) is 49.2 Å². The lowest BCUT2D eigenvalue weighted by molar-refractivity contribution is -0.121. The van der Waals surface area contributed by atoms with Gasteiger partial charge in [-0.2, -0.15) is 5.10 Å². The van der Waals surface area contributed by atoms with E-state index >= 15 is 0 Å². The first-order valence-electron chi connectivity index (χ1n) is 10.1. The maximum atomic E-state index is 12.7. The van der Waals surface area contributed by atoms with Crippen LogP contribution in [0.1, 0.15) is 33.6 Å². The van der Waals surface area contributed by atoms with E-state index in [9.17, 15) is 4.79 Å². The summed E-state index contributed by atoms with van der Waals surface area (Å²) in [5.41, 5.74) is 3.02. The maximum Gasteiger partial charge on any atom is 0.229 e. The van der Waals surface area contributed by atoms with E-state index < -0.39 is 0 Å². The Morgan fingerprint density at radius 2 is 1.90 bits per heavy atom. The summed E-state index contributed by atoms with van der Waals surface area (Å²) in [6.07, 6.45) is 7.28. The number of rotatable bonds is 3. The molecule has 0 spiro atoms. The number of nitrogens with one attached hydrogen (secondary N) is 1. The number of amides is 1. The van der Waals surface area contributed by atoms with Gasteiger partial charge in [-0.3, -0.25) is 19.7 Å². The molecule has 3 heterocycles. The van der Waals surface area contributed by atoms with Crippen LogP contribution in [0.4, 0.5) is 5.95 Å². The Hall–Kier alpha value is -2.80. The van der Waals surface area contributed by atoms with Gasteiger partial charge in [0.2, 0.25) is 11.9 Å². The van der Waals surface area contributed by atoms with Gasteiger partial charge in [-0.25, -0.2) is 9.97 Å². The van der Waals surface area contributed by atoms with Crippen molar-refractivity contribution >= 4 is 22.8 Å². The molecule has 1 aliphatic heterocycles. The number of carbonyl (C=O) groups is 1. The molecule has 29 heavy (non-hydrogen) atoms. The second kappa shape index (κ2) is 7.55. The van der Waals surface area contributed by atoms with Crippen LogP contribution in [0.5, 0.6) is 0 Å². The van der Waals surface area contributed by atoms with E-state index in [4.69, 9.17) is 0 Å². The van der Waals surface area contributed by atoms with Gasteiger partial charge in [-0.1, -0.05) is 12.1 Å². The Balaban J connectivity index is 1.47. The number of benzene rings is 1. The lowest BCUT2D eigenvalue weighted by Gasteiger charge is -2.40. The molecule has 0 atom stereocenters. The second-order valence-electron chi connectivity index (χ2n) is 8.79. The molecule has 0 saturated carbocycles. The van der Waals surface area contributed by atoms with E-state index in [2.05, 4.69) is 46.1 Å². The zero-order valence-corrected chi connectivity index (χ0v) is 17.5. The van der Waals surface area contributed by atoms with E-state index in [0.717, 1.165) is 48.0 Å². The Morgan fingerprint density at radius 1 is 1.14 bits per heavy atom. The summed E-state index contributed by atoms with van der Waals surface area (Å²) in [5, 5.41) is 8.09. The van der Waals surface area contributed by atoms with Gasteiger partial charge in [0.1, 0.15) is 0 Å². The number of piperidine rings is 1. The van der Waals surface area contributed by atoms with Gasteiger partial charge in [0, 0.05) is 41.8 Å². The van der Waals surface area contributed by atoms with E-state index in [0.29, 0.717) is 5.95 Å². The number of aromatic nitrogens is 4. The molecular weight excluding hydrogens is 364 g/mol. The van der Waals surface area contributed by atoms with Crippen LogP contribution in [0.25, 0.3) is 22.0 Å². The highest BCUT2D eigenvalue weighted by Gasteiger charge is 2.30. The lowest BCUT2D eigenvalue weighted by atomic mass is 9.92. The minimum Gasteiger partial charge on any atom is -0.298 e. The first kappa shape index (κ1) is 19.5. The third-order valence-electron chi connectivity index (χ3n) is 5.67. The van der Waals surface area contributed by atoms with Gasteiger partial charge in [0.25, 0.3) is 0 Å². The molecule has 1 aliphatic rings. The van der Waals surface area contributed by atoms with Gasteiger partial charge >= 0.3 is 0 Å². The molecule has 7 heteroatoms. The Labute approximate surface area is 171 Å². The monoisotopic (exact) mass is 392 g/mol. The molecule has 1 amide bonds. The molecule has 1 aromatic carbocycles. The van der Waals surface area contributed by atoms with Crippen molar-refractivity contribution < 1.29 is 4.79 Å². The number of anilines is 1. The van der Waals surface area contributed by atoms with E-state index in [1.807, 2.05) is 37.6 Å². The van der Waals surface area contributed by atoms with Crippen molar-refractivity contribution in [3.63, 3.8) is 0 Å². The number of hydrogen-bond acceptors (Lipinski definition) is 5. The molecule has 3 aromatic rings. The van der Waals surface area contributed by atoms with E-state index in [1.54, 1.807) is 10.9 Å². The number of nitrogens with zero attached hydrogens (tertiary/aromatic N) is 5. The van der Waals surface area contributed by atoms with Gasteiger partial charge in [0.05, 0.1) is 11.7 Å². The van der Waals surface area contributed by atoms with Crippen LogP contribution >= 0.6 is 0 Å². The minimum absolute atomic E-state index is 0.00891. The van der Waals surface area contributed by atoms with Crippen LogP contribution in [-0.2, 0) is 11.8 Å². The van der Waals surface area contributed by atoms with Crippen molar-refractivity contribution in [2.45, 2.75) is 39.2 Å². The summed E-state index contributed by atoms with van der Waals surface area (Å²) in [7, 11) is 1.90. The standard InChI is InChI=1S/C22H28N6O/c1-22(2,3)28-9-7-15(8-10-28)20(29)26-21-23-12-17-6-5-16(11-19(17)25-21)18-13-24-27(4)14-18/h5-6,11-15H,7-10H2,1-4H3,(H,23,25,26,29). The molecule has 0 radical (unpaired) electrons. The van der Waals surface area contributed by atoms with Crippen LogP contribution in [0.2, 0.25) is 0 Å². The molecule has 1 fully saturated rings. The Kier molecular flexibility index (Phi) is 5.08. The lowest BCUT2D eigenvalue weighted by Crippen LogP contribution is -2.47. The van der Waals surface area contributed by atoms with Gasteiger partial charge in [0.15, 0.2) is 0 Å². The van der Waals surface area contributed by atoms with Gasteiger partial charge in [-0.15, -0.1) is 0 Å². The molecule has 0 aliphatic carbocycles. The largest absolute Gasteiger partial charge is 0.298 e. The molecule has 1 N–H and O–H groups in total. The fourth-order valence-electron chi connectivity index (χ4n) is 3.86. The summed E-state index contributed by atoms with van der Waals surface area (Å²) >= 11 is 0. The average Bonchev–Trinajstić information content (AvgIpc) is 3.13. The topological polar surface area (TPSA) is 75.9 Å². The summed E-state index contributed by atoms with van der Waals surface area (Å²) in [6, 6.07) is 6.03. The number of fused-ring (bicyclic) bond motifs is 1. The highest BCUT2D eigenvalue weighted by molar-refractivity contribution is 5.92. The Morgan fingerprint density at radius 3 is 2.55 bits per heavy atom. The number of likely N-dealkylation sites (tertiary alicyclic amines) is 1. The molecule has 4 rings (SSSR count). The average molecular weight is 393 g/mol. The molecule has 2 aromatic heterocycles. The zero-order valence-electron chi connectivity index (χ0n) is 17.5. The second-order valence-corrected chi connectivity index (χ2v) is 8.79. The third kappa shape index (κ3) is 4.29. The molecule has 7 nitrogen and oxygen atoms in total. The van der Waals surface area contributed by atoms with Crippen molar-refractivity contribution in [1.82, 2.24) is 24.6 Å². The van der Waals surface area contributed by atoms with Crippen LogP contribution in [0.15, 0.2) is 36.8 Å². The third-order valence-corrected chi connectivity index (χ3v) is 5.67. The molecule has 152 valence electrons. The van der Waals surface area contributed by atoms with E-state index in [-0.39, 0.29) is 17.4 Å². The fourth-order valence-corrected chi connectivity index (χ4v) is 3.86. The maximum absolute atomic E-state index is 12.7. The predicted octanol–water partition coefficient (Wildman–Crippen LogP) is 3.48. The van der Waals surface area contributed by atoms with Crippen LogP contribution < -0.4 is 5.32 Å². The first-order valence-corrected chi connectivity index (χ1v) is 10.1. The summed E-state index contributed by atoms with van der Waals surface area (Å²) in [5.74, 6) is 0.389. The zero-order chi connectivity index (χ0) is 20.6. The fraction of sp³-hybridized carbons (Fsp3) is 0.455. The number of aryl methyl sites for hydroxylation is 1. The van der Waals surface area contributed by atoms with E-state index in [1.165, 1.54) is 0 Å². The number of carbonyl (C=O) groups excluding carboxylic acids is 1. The minimum atomic E-state index is 0.00891. The summed E-state index contributed by atoms with van der Waals surface area (Å²) in [4.78, 5) is 24.1. The summed E-state index contributed by atoms with van der Waals surface area (Å²) in [6.45, 7) is 8.53. The van der Waals surface area contributed by atoms with Crippen LogP contribution in [0.3, 0.4) is 0 Å². The van der Waals surface area contributed by atoms with Crippen molar-refractivity contribution in [3.8, 4) is 11.1 Å². The van der Waals surface area contributed by atoms with Crippen molar-refractivity contribution in [2.75, 3.05) is 18.4 Å². The van der Waals surface area contributed by atoms with Gasteiger partial charge in [-0.05, 0) is 58.3 Å². The predicted molar refractivity (Wildman–Crippen MR) is 114 cm³/mol. The summed E-state index contributed by atoms with van der Waals surface area (Å²) < 4.78 is 1.77. The quantitative estimate of drug-likeness (QED) is 0.738. The van der Waals surface area contributed by atoms with Crippen molar-refractivity contribution in [1.29, 1.82) is 0 Å². The smallest absolute Gasteiger partial charge is 0.229 e. The van der Waals surface area contributed by atoms with Gasteiger partial charge < -0.3 is 0 Å². The van der Waals surface area contributed by atoms with Crippen molar-refractivity contribution in [3.05, 3.63) is 36.8 Å². The normalized spacial score (nSPS) is 16.3. The van der Waals surface area contributed by atoms with Crippen LogP contribution in [0, 0.1) is 5.92 Å². The Bertz CT molecular complexity index is 1030. The number of hydrogen-bond donors (Lipinski definition) is 1. The SMILES string of the molecule is Cn1cc(-c2ccc3cnc(NC(=O)C4CCN(C(C)(C)C)CC4)nc3c2)cn1. The highest BCUT2D eigenvalue weighted by Crippen LogP contribution is 2.26.